The maximum atomic E-state index is 11.8. The first kappa shape index (κ1) is 18.2. The lowest BCUT2D eigenvalue weighted by molar-refractivity contribution is -0.139. The first-order valence-electron chi connectivity index (χ1n) is 8.95. The monoisotopic (exact) mass is 382 g/mol. The summed E-state index contributed by atoms with van der Waals surface area (Å²) in [7, 11) is 4.67. The van der Waals surface area contributed by atoms with Crippen molar-refractivity contribution < 1.29 is 24.1 Å². The second kappa shape index (κ2) is 7.09. The normalized spacial score (nSPS) is 18.5. The third kappa shape index (κ3) is 2.84. The Morgan fingerprint density at radius 3 is 2.36 bits per heavy atom. The van der Waals surface area contributed by atoms with Crippen molar-refractivity contribution in [3.05, 3.63) is 53.2 Å². The highest BCUT2D eigenvalue weighted by Crippen LogP contribution is 2.43. The van der Waals surface area contributed by atoms with Crippen molar-refractivity contribution in [2.75, 3.05) is 21.3 Å². The molecule has 0 unspecified atom stereocenters. The number of hydrogen-bond acceptors (Lipinski definition) is 5. The Morgan fingerprint density at radius 1 is 1.07 bits per heavy atom. The van der Waals surface area contributed by atoms with Gasteiger partial charge in [0.2, 0.25) is 5.75 Å². The van der Waals surface area contributed by atoms with E-state index < -0.39 is 12.0 Å². The zero-order chi connectivity index (χ0) is 19.8. The number of benzene rings is 2. The van der Waals surface area contributed by atoms with Crippen molar-refractivity contribution in [1.29, 1.82) is 0 Å². The Balaban J connectivity index is 1.91. The van der Waals surface area contributed by atoms with Crippen molar-refractivity contribution in [3.8, 4) is 17.2 Å². The molecule has 28 heavy (non-hydrogen) atoms. The summed E-state index contributed by atoms with van der Waals surface area (Å²) >= 11 is 0. The van der Waals surface area contributed by atoms with Gasteiger partial charge in [-0.2, -0.15) is 0 Å². The van der Waals surface area contributed by atoms with Crippen LogP contribution in [0.2, 0.25) is 0 Å². The van der Waals surface area contributed by atoms with Gasteiger partial charge in [-0.3, -0.25) is 10.1 Å². The molecule has 3 N–H and O–H groups in total. The van der Waals surface area contributed by atoms with Crippen LogP contribution in [0.15, 0.2) is 36.4 Å². The van der Waals surface area contributed by atoms with E-state index in [4.69, 9.17) is 14.2 Å². The van der Waals surface area contributed by atoms with E-state index in [1.54, 1.807) is 21.3 Å². The van der Waals surface area contributed by atoms with E-state index in [0.29, 0.717) is 23.7 Å². The van der Waals surface area contributed by atoms with E-state index >= 15 is 0 Å². The fourth-order valence-electron chi connectivity index (χ4n) is 3.92. The molecule has 1 aromatic heterocycles. The number of nitrogens with one attached hydrogen (secondary N) is 2. The highest BCUT2D eigenvalue weighted by atomic mass is 16.5. The van der Waals surface area contributed by atoms with E-state index in [1.807, 2.05) is 36.4 Å². The number of methoxy groups -OCH3 is 3. The molecule has 0 aliphatic carbocycles. The number of carboxylic acids is 1. The van der Waals surface area contributed by atoms with Gasteiger partial charge in [0.15, 0.2) is 11.5 Å². The number of fused-ring (bicyclic) bond motifs is 3. The second-order valence-electron chi connectivity index (χ2n) is 6.72. The number of aliphatic carboxylic acids is 1. The number of carboxylic acid groups (broad SMARTS) is 1. The molecular weight excluding hydrogens is 360 g/mol. The van der Waals surface area contributed by atoms with E-state index in [1.165, 1.54) is 0 Å². The van der Waals surface area contributed by atoms with Crippen LogP contribution in [0.5, 0.6) is 17.2 Å². The Morgan fingerprint density at radius 2 is 1.75 bits per heavy atom. The van der Waals surface area contributed by atoms with Gasteiger partial charge in [0.05, 0.1) is 27.4 Å². The number of H-pyrrole nitrogens is 1. The quantitative estimate of drug-likeness (QED) is 0.628. The fourth-order valence-corrected chi connectivity index (χ4v) is 3.92. The molecule has 0 amide bonds. The maximum Gasteiger partial charge on any atom is 0.321 e. The van der Waals surface area contributed by atoms with Gasteiger partial charge >= 0.3 is 5.97 Å². The number of ether oxygens (including phenoxy) is 3. The third-order valence-corrected chi connectivity index (χ3v) is 5.23. The van der Waals surface area contributed by atoms with Crippen LogP contribution >= 0.6 is 0 Å². The molecule has 1 aliphatic heterocycles. The molecule has 0 saturated carbocycles. The van der Waals surface area contributed by atoms with Crippen molar-refractivity contribution >= 4 is 16.9 Å². The molecule has 0 radical (unpaired) electrons. The number of para-hydroxylation sites is 1. The van der Waals surface area contributed by atoms with Crippen LogP contribution in [0, 0.1) is 0 Å². The smallest absolute Gasteiger partial charge is 0.321 e. The predicted molar refractivity (Wildman–Crippen MR) is 105 cm³/mol. The third-order valence-electron chi connectivity index (χ3n) is 5.23. The van der Waals surface area contributed by atoms with E-state index in [2.05, 4.69) is 10.3 Å². The summed E-state index contributed by atoms with van der Waals surface area (Å²) in [5, 5.41) is 14.0. The SMILES string of the molecule is COc1cc([C@@H]2N[C@@H](C(=O)O)Cc3c2[nH]c2ccccc32)cc(OC)c1OC. The van der Waals surface area contributed by atoms with Gasteiger partial charge in [0, 0.05) is 23.0 Å². The molecule has 2 aromatic carbocycles. The Hall–Kier alpha value is -3.19. The van der Waals surface area contributed by atoms with E-state index in [9.17, 15) is 9.90 Å². The summed E-state index contributed by atoms with van der Waals surface area (Å²) in [5.41, 5.74) is 3.78. The molecule has 0 fully saturated rings. The largest absolute Gasteiger partial charge is 0.493 e. The number of aromatic nitrogens is 1. The highest BCUT2D eigenvalue weighted by molar-refractivity contribution is 5.87. The van der Waals surface area contributed by atoms with Crippen molar-refractivity contribution in [3.63, 3.8) is 0 Å². The second-order valence-corrected chi connectivity index (χ2v) is 6.72. The first-order valence-corrected chi connectivity index (χ1v) is 8.95. The van der Waals surface area contributed by atoms with Crippen LogP contribution < -0.4 is 19.5 Å². The number of rotatable bonds is 5. The molecule has 2 heterocycles. The minimum absolute atomic E-state index is 0.356. The molecule has 0 spiro atoms. The standard InChI is InChI=1S/C21H22N2O5/c1-26-16-8-11(9-17(27-2)20(16)28-3)18-19-13(10-15(23-18)21(24)25)12-6-4-5-7-14(12)22-19/h4-9,15,18,22-23H,10H2,1-3H3,(H,24,25)/t15-,18+/m1/s1. The lowest BCUT2D eigenvalue weighted by Crippen LogP contribution is -2.44. The Kier molecular flexibility index (Phi) is 4.60. The summed E-state index contributed by atoms with van der Waals surface area (Å²) in [6, 6.07) is 10.6. The Bertz CT molecular complexity index is 1020. The number of aromatic amines is 1. The molecule has 7 heteroatoms. The van der Waals surface area contributed by atoms with Crippen LogP contribution in [-0.2, 0) is 11.2 Å². The summed E-state index contributed by atoms with van der Waals surface area (Å²) in [4.78, 5) is 15.3. The van der Waals surface area contributed by atoms with Crippen molar-refractivity contribution in [2.24, 2.45) is 0 Å². The summed E-state index contributed by atoms with van der Waals surface area (Å²) < 4.78 is 16.3. The molecule has 3 aromatic rings. The molecule has 7 nitrogen and oxygen atoms in total. The molecule has 4 rings (SSSR count). The van der Waals surface area contributed by atoms with Gasteiger partial charge in [-0.25, -0.2) is 0 Å². The van der Waals surface area contributed by atoms with Crippen molar-refractivity contribution in [2.45, 2.75) is 18.5 Å². The molecule has 1 aliphatic rings. The lowest BCUT2D eigenvalue weighted by atomic mass is 9.90. The van der Waals surface area contributed by atoms with Gasteiger partial charge in [0.1, 0.15) is 6.04 Å². The first-order chi connectivity index (χ1) is 13.6. The van der Waals surface area contributed by atoms with Crippen LogP contribution in [0.4, 0.5) is 0 Å². The molecular formula is C21H22N2O5. The van der Waals surface area contributed by atoms with Gasteiger partial charge in [-0.05, 0) is 29.3 Å². The Labute approximate surface area is 162 Å². The molecule has 2 atom stereocenters. The van der Waals surface area contributed by atoms with E-state index in [0.717, 1.165) is 27.7 Å². The zero-order valence-electron chi connectivity index (χ0n) is 15.9. The average Bonchev–Trinajstić information content (AvgIpc) is 3.10. The van der Waals surface area contributed by atoms with Gasteiger partial charge in [0.25, 0.3) is 0 Å². The molecule has 0 bridgehead atoms. The van der Waals surface area contributed by atoms with Crippen LogP contribution in [-0.4, -0.2) is 43.4 Å². The van der Waals surface area contributed by atoms with Gasteiger partial charge < -0.3 is 24.3 Å². The molecule has 146 valence electrons. The number of carbonyl (C=O) groups is 1. The minimum atomic E-state index is -0.881. The predicted octanol–water partition coefficient (Wildman–Crippen LogP) is 2.88. The number of hydrogen-bond donors (Lipinski definition) is 3. The van der Waals surface area contributed by atoms with Gasteiger partial charge in [-0.15, -0.1) is 0 Å². The van der Waals surface area contributed by atoms with E-state index in [-0.39, 0.29) is 6.04 Å². The van der Waals surface area contributed by atoms with Crippen LogP contribution in [0.1, 0.15) is 22.9 Å². The van der Waals surface area contributed by atoms with Crippen molar-refractivity contribution in [1.82, 2.24) is 10.3 Å². The zero-order valence-corrected chi connectivity index (χ0v) is 15.9. The minimum Gasteiger partial charge on any atom is -0.493 e. The topological polar surface area (TPSA) is 92.8 Å². The molecule has 0 saturated heterocycles. The van der Waals surface area contributed by atoms with Crippen LogP contribution in [0.3, 0.4) is 0 Å². The maximum absolute atomic E-state index is 11.8. The lowest BCUT2D eigenvalue weighted by Gasteiger charge is -2.30. The summed E-state index contributed by atoms with van der Waals surface area (Å²) in [5.74, 6) is 0.659. The van der Waals surface area contributed by atoms with Crippen LogP contribution in [0.25, 0.3) is 10.9 Å². The summed E-state index contributed by atoms with van der Waals surface area (Å²) in [6.07, 6.45) is 0.412. The highest BCUT2D eigenvalue weighted by Gasteiger charge is 2.34. The average molecular weight is 382 g/mol. The van der Waals surface area contributed by atoms with Gasteiger partial charge in [-0.1, -0.05) is 18.2 Å². The summed E-state index contributed by atoms with van der Waals surface area (Å²) in [6.45, 7) is 0. The fraction of sp³-hybridized carbons (Fsp3) is 0.286.